The Kier molecular flexibility index (Phi) is 36.4. The maximum absolute atomic E-state index is 14.5. The first-order valence-corrected chi connectivity index (χ1v) is 35.1. The zero-order chi connectivity index (χ0) is 67.2. The van der Waals surface area contributed by atoms with Gasteiger partial charge in [0.1, 0.15) is 71.8 Å². The van der Waals surface area contributed by atoms with Gasteiger partial charge in [-0.2, -0.15) is 33.7 Å². The Labute approximate surface area is 514 Å². The molecule has 0 bridgehead atoms. The molecule has 1 rings (SSSR count). The molecule has 1 saturated heterocycles. The molecule has 9 amide bonds. The molecule has 10 unspecified atom stereocenters. The van der Waals surface area contributed by atoms with Crippen LogP contribution in [0.1, 0.15) is 126 Å². The van der Waals surface area contributed by atoms with Crippen molar-refractivity contribution in [3.8, 4) is 0 Å². The highest BCUT2D eigenvalue weighted by Gasteiger charge is 2.37. The average molecular weight is 1340 g/mol. The first-order valence-electron chi connectivity index (χ1n) is 28.7. The first kappa shape index (κ1) is 80.7. The van der Waals surface area contributed by atoms with E-state index in [-0.39, 0.29) is 32.2 Å². The van der Waals surface area contributed by atoms with Crippen LogP contribution in [0.15, 0.2) is 0 Å². The second kappa shape index (κ2) is 39.7. The predicted octanol–water partition coefficient (Wildman–Crippen LogP) is -5.24. The molecule has 1 aliphatic heterocycles. The van der Waals surface area contributed by atoms with Gasteiger partial charge in [0.15, 0.2) is 0 Å². The molecule has 0 aromatic carbocycles. The molecule has 0 saturated carbocycles. The second-order valence-electron chi connectivity index (χ2n) is 22.4. The monoisotopic (exact) mass is 1340 g/mol. The van der Waals surface area contributed by atoms with Crippen LogP contribution in [0.5, 0.6) is 0 Å². The Morgan fingerprint density at radius 2 is 0.693 bits per heavy atom. The number of aliphatic hydroxyl groups excluding tert-OH is 1. The van der Waals surface area contributed by atoms with Gasteiger partial charge < -0.3 is 74.2 Å². The van der Waals surface area contributed by atoms with E-state index in [0.29, 0.717) is 12.3 Å². The lowest BCUT2D eigenvalue weighted by molar-refractivity contribution is -0.137. The summed E-state index contributed by atoms with van der Waals surface area (Å²) in [5.74, 6) is -14.3. The van der Waals surface area contributed by atoms with Gasteiger partial charge in [-0.15, -0.1) is 0 Å². The van der Waals surface area contributed by atoms with Crippen molar-refractivity contribution in [3.05, 3.63) is 0 Å². The molecule has 35 nitrogen and oxygen atoms in total. The molecule has 0 radical (unpaired) electrons. The fourth-order valence-corrected chi connectivity index (χ4v) is 10.1. The van der Waals surface area contributed by atoms with E-state index in [0.717, 1.165) is 26.2 Å². The van der Waals surface area contributed by atoms with Gasteiger partial charge in [-0.1, -0.05) is 60.8 Å². The molecule has 1 fully saturated rings. The third kappa shape index (κ3) is 37.0. The van der Waals surface area contributed by atoms with Crippen LogP contribution >= 0.6 is 0 Å². The Morgan fingerprint density at radius 1 is 0.420 bits per heavy atom. The number of nitrogens with one attached hydrogen (secondary N) is 13. The quantitative estimate of drug-likeness (QED) is 0.0211. The van der Waals surface area contributed by atoms with Crippen molar-refractivity contribution in [1.82, 2.24) is 69.1 Å². The minimum Gasteiger partial charge on any atom is -0.391 e. The summed E-state index contributed by atoms with van der Waals surface area (Å²) in [4.78, 5) is 128. The van der Waals surface area contributed by atoms with Gasteiger partial charge >= 0.3 is 0 Å². The summed E-state index contributed by atoms with van der Waals surface area (Å²) in [7, 11) is -18.6. The highest BCUT2D eigenvalue weighted by atomic mass is 32.2. The molecular formula is C49H93N13O22S4. The van der Waals surface area contributed by atoms with Crippen LogP contribution in [-0.2, 0) is 83.6 Å². The molecule has 88 heavy (non-hydrogen) atoms. The van der Waals surface area contributed by atoms with Crippen molar-refractivity contribution >= 4 is 93.6 Å². The number of unbranched alkanes of at least 4 members (excludes halogenated alkanes) is 1. The third-order valence-electron chi connectivity index (χ3n) is 13.3. The molecule has 0 aliphatic carbocycles. The molecule has 0 aromatic heterocycles. The lowest BCUT2D eigenvalue weighted by atomic mass is 10.00. The number of amides is 9. The first-order chi connectivity index (χ1) is 40.7. The zero-order valence-corrected chi connectivity index (χ0v) is 53.9. The van der Waals surface area contributed by atoms with Gasteiger partial charge in [0.05, 0.1) is 6.10 Å². The summed E-state index contributed by atoms with van der Waals surface area (Å²) in [5.41, 5.74) is 0. The smallest absolute Gasteiger partial charge is 0.278 e. The Hall–Kier alpha value is -5.33. The number of hydrogen-bond acceptors (Lipinski definition) is 22. The van der Waals surface area contributed by atoms with Crippen molar-refractivity contribution < 1.29 is 100 Å². The SMILES string of the molecule is CCC(C)CCCCC(=O)NCCC1NC(=O)C(CC(C)C)NC(=O)C(CCNCS(=O)(=O)O)NC(=O)C(CC(C)C)NC(=O)C(CCNCS(=O)(=O)O)NC(=O)C(CCNCS(=O)(=O)O)NC(=O)C(CCNCS(=O)(=O)O)NC(=O)C(C(C)O)NC1=O. The van der Waals surface area contributed by atoms with Gasteiger partial charge in [-0.3, -0.25) is 61.4 Å². The van der Waals surface area contributed by atoms with Crippen molar-refractivity contribution in [2.45, 2.75) is 180 Å². The molecule has 0 aromatic rings. The van der Waals surface area contributed by atoms with E-state index in [1.54, 1.807) is 27.7 Å². The summed E-state index contributed by atoms with van der Waals surface area (Å²) in [5, 5.41) is 42.4. The lowest BCUT2D eigenvalue weighted by Gasteiger charge is -2.30. The van der Waals surface area contributed by atoms with Gasteiger partial charge in [-0.05, 0) is 102 Å². The summed E-state index contributed by atoms with van der Waals surface area (Å²) in [6, 6.07) is -14.1. The van der Waals surface area contributed by atoms with E-state index in [1.807, 2.05) is 6.92 Å². The Morgan fingerprint density at radius 3 is 0.977 bits per heavy atom. The minimum absolute atomic E-state index is 0.108. The topological polar surface area (TPSA) is 548 Å². The van der Waals surface area contributed by atoms with Gasteiger partial charge in [0, 0.05) is 13.0 Å². The molecule has 18 N–H and O–H groups in total. The lowest BCUT2D eigenvalue weighted by Crippen LogP contribution is -2.63. The van der Waals surface area contributed by atoms with Gasteiger partial charge in [0.25, 0.3) is 40.5 Å². The number of aliphatic hydroxyl groups is 1. The van der Waals surface area contributed by atoms with Gasteiger partial charge in [-0.25, -0.2) is 0 Å². The molecule has 39 heteroatoms. The number of rotatable bonds is 34. The summed E-state index contributed by atoms with van der Waals surface area (Å²) < 4.78 is 130. The fourth-order valence-electron chi connectivity index (χ4n) is 8.52. The molecule has 10 atom stereocenters. The standard InChI is InChI=1S/C49H93N13O22S4/c1-8-31(6)11-9-10-12-40(64)54-22-17-37-46(69)62-41(32(7)63)49(72)59-36(16-21-53-28-88(82,83)84)43(66)55-33(13-18-50-25-85(73,74)75)42(65)56-34(14-19-51-26-86(76,77)78)44(67)60-38(23-29(2)3)47(70)57-35(15-20-52-27-87(79,80)81)45(68)61-39(24-30(4)5)48(71)58-37/h29-39,41,50-53,63H,8-28H2,1-7H3,(H,54,64)(H,55,66)(H,56,65)(H,57,70)(H,58,71)(H,59,72)(H,60,67)(H,61,68)(H,62,69)(H,73,74,75)(H,76,77,78)(H,79,80,81)(H,82,83,84). The molecule has 1 aliphatic rings. The number of hydrogen-bond donors (Lipinski definition) is 18. The second-order valence-corrected chi connectivity index (χ2v) is 28.2. The maximum Gasteiger partial charge on any atom is 0.278 e. The minimum atomic E-state index is -4.69. The number of carbonyl (C=O) groups is 9. The number of carbonyl (C=O) groups excluding carboxylic acids is 9. The Bertz CT molecular complexity index is 2760. The van der Waals surface area contributed by atoms with Crippen molar-refractivity contribution in [2.75, 3.05) is 56.2 Å². The van der Waals surface area contributed by atoms with Crippen molar-refractivity contribution in [2.24, 2.45) is 17.8 Å². The van der Waals surface area contributed by atoms with E-state index in [4.69, 9.17) is 0 Å². The Balaban J connectivity index is 4.28. The predicted molar refractivity (Wildman–Crippen MR) is 318 cm³/mol. The van der Waals surface area contributed by atoms with Crippen LogP contribution in [0.3, 0.4) is 0 Å². The van der Waals surface area contributed by atoms with Crippen LogP contribution in [0.25, 0.3) is 0 Å². The molecule has 1 heterocycles. The van der Waals surface area contributed by atoms with Crippen LogP contribution in [-0.4, -0.2) is 221 Å². The van der Waals surface area contributed by atoms with Crippen LogP contribution in [0, 0.1) is 17.8 Å². The van der Waals surface area contributed by atoms with Crippen molar-refractivity contribution in [1.29, 1.82) is 0 Å². The van der Waals surface area contributed by atoms with E-state index in [1.165, 1.54) is 0 Å². The van der Waals surface area contributed by atoms with E-state index >= 15 is 0 Å². The largest absolute Gasteiger partial charge is 0.391 e. The summed E-state index contributed by atoms with van der Waals surface area (Å²) >= 11 is 0. The van der Waals surface area contributed by atoms with E-state index in [2.05, 4.69) is 76.0 Å². The normalized spacial score (nSPS) is 23.1. The fraction of sp³-hybridized carbons (Fsp3) is 0.816. The third-order valence-corrected chi connectivity index (χ3v) is 15.6. The van der Waals surface area contributed by atoms with Crippen LogP contribution in [0.4, 0.5) is 0 Å². The highest BCUT2D eigenvalue weighted by Crippen LogP contribution is 2.14. The van der Waals surface area contributed by atoms with Crippen molar-refractivity contribution in [3.63, 3.8) is 0 Å². The molecular weight excluding hydrogens is 1250 g/mol. The average Bonchev–Trinajstić information content (AvgIpc) is 3.42. The van der Waals surface area contributed by atoms with E-state index < -0.39 is 235 Å². The molecule has 510 valence electrons. The summed E-state index contributed by atoms with van der Waals surface area (Å²) in [6.45, 7) is 9.61. The van der Waals surface area contributed by atoms with Gasteiger partial charge in [0.2, 0.25) is 53.2 Å². The zero-order valence-electron chi connectivity index (χ0n) is 50.6. The van der Waals surface area contributed by atoms with Crippen LogP contribution < -0.4 is 69.1 Å². The van der Waals surface area contributed by atoms with Crippen LogP contribution in [0.2, 0.25) is 0 Å². The van der Waals surface area contributed by atoms with E-state index in [9.17, 15) is 100 Å². The maximum atomic E-state index is 14.5. The summed E-state index contributed by atoms with van der Waals surface area (Å²) in [6.07, 6.45) is -1.55. The molecule has 0 spiro atoms. The highest BCUT2D eigenvalue weighted by molar-refractivity contribution is 7.86.